The molecule has 4 N–H and O–H groups in total. The topological polar surface area (TPSA) is 73.4 Å². The molecule has 1 fully saturated rings. The van der Waals surface area contributed by atoms with Crippen molar-refractivity contribution in [3.63, 3.8) is 0 Å². The largest absolute Gasteiger partial charge is 0.508 e. The lowest BCUT2D eigenvalue weighted by atomic mass is 9.96. The monoisotopic (exact) mass is 293 g/mol. The number of nitrogens with one attached hydrogen (secondary N) is 3. The fourth-order valence-corrected chi connectivity index (χ4v) is 2.52. The van der Waals surface area contributed by atoms with Crippen molar-refractivity contribution in [2.45, 2.75) is 38.1 Å². The van der Waals surface area contributed by atoms with Crippen LogP contribution in [0.3, 0.4) is 0 Å². The summed E-state index contributed by atoms with van der Waals surface area (Å²) in [7, 11) is 0. The zero-order valence-corrected chi connectivity index (χ0v) is 12.0. The van der Waals surface area contributed by atoms with Gasteiger partial charge in [0.15, 0.2) is 5.11 Å². The van der Waals surface area contributed by atoms with E-state index in [1.165, 1.54) is 31.4 Å². The zero-order valence-electron chi connectivity index (χ0n) is 11.2. The molecule has 0 spiro atoms. The quantitative estimate of drug-likeness (QED) is 0.494. The molecule has 0 atom stereocenters. The summed E-state index contributed by atoms with van der Waals surface area (Å²) >= 11 is 5.14. The molecular weight excluding hydrogens is 274 g/mol. The number of thiocarbonyl (C=S) groups is 1. The second kappa shape index (κ2) is 7.09. The zero-order chi connectivity index (χ0) is 14.4. The van der Waals surface area contributed by atoms with Crippen LogP contribution in [-0.4, -0.2) is 22.2 Å². The molecule has 1 amide bonds. The van der Waals surface area contributed by atoms with Gasteiger partial charge < -0.3 is 10.4 Å². The Hall–Kier alpha value is -1.82. The molecular formula is C14H19N3O2S. The van der Waals surface area contributed by atoms with Gasteiger partial charge >= 0.3 is 0 Å². The SMILES string of the molecule is O=C(NNC(=S)NC1CCCCC1)c1cccc(O)c1. The van der Waals surface area contributed by atoms with Gasteiger partial charge in [-0.1, -0.05) is 25.3 Å². The number of rotatable bonds is 2. The first-order chi connectivity index (χ1) is 9.65. The molecule has 0 heterocycles. The molecule has 5 nitrogen and oxygen atoms in total. The Morgan fingerprint density at radius 3 is 2.65 bits per heavy atom. The van der Waals surface area contributed by atoms with E-state index < -0.39 is 0 Å². The molecule has 0 bridgehead atoms. The van der Waals surface area contributed by atoms with Gasteiger partial charge in [0.25, 0.3) is 5.91 Å². The Labute approximate surface area is 123 Å². The summed E-state index contributed by atoms with van der Waals surface area (Å²) in [5.41, 5.74) is 5.57. The van der Waals surface area contributed by atoms with E-state index in [4.69, 9.17) is 12.2 Å². The third-order valence-corrected chi connectivity index (χ3v) is 3.56. The van der Waals surface area contributed by atoms with Gasteiger partial charge in [-0.05, 0) is 43.3 Å². The van der Waals surface area contributed by atoms with Crippen molar-refractivity contribution in [3.05, 3.63) is 29.8 Å². The second-order valence-corrected chi connectivity index (χ2v) is 5.35. The van der Waals surface area contributed by atoms with Crippen LogP contribution in [0.4, 0.5) is 0 Å². The van der Waals surface area contributed by atoms with Crippen molar-refractivity contribution < 1.29 is 9.90 Å². The third kappa shape index (κ3) is 4.38. The number of hydrazine groups is 1. The molecule has 0 aromatic heterocycles. The number of aromatic hydroxyl groups is 1. The van der Waals surface area contributed by atoms with Gasteiger partial charge in [0, 0.05) is 11.6 Å². The normalized spacial score (nSPS) is 15.4. The highest BCUT2D eigenvalue weighted by Gasteiger charge is 2.14. The summed E-state index contributed by atoms with van der Waals surface area (Å²) < 4.78 is 0. The predicted octanol–water partition coefficient (Wildman–Crippen LogP) is 1.83. The van der Waals surface area contributed by atoms with Crippen LogP contribution >= 0.6 is 12.2 Å². The molecule has 0 unspecified atom stereocenters. The average molecular weight is 293 g/mol. The average Bonchev–Trinajstić information content (AvgIpc) is 2.46. The number of amides is 1. The van der Waals surface area contributed by atoms with Crippen molar-refractivity contribution in [1.29, 1.82) is 0 Å². The number of carbonyl (C=O) groups is 1. The fourth-order valence-electron chi connectivity index (χ4n) is 2.30. The van der Waals surface area contributed by atoms with Crippen LogP contribution in [-0.2, 0) is 0 Å². The summed E-state index contributed by atoms with van der Waals surface area (Å²) in [5.74, 6) is -0.283. The number of carbonyl (C=O) groups excluding carboxylic acids is 1. The molecule has 1 aromatic rings. The molecule has 0 radical (unpaired) electrons. The first-order valence-electron chi connectivity index (χ1n) is 6.81. The summed E-state index contributed by atoms with van der Waals surface area (Å²) in [5, 5.41) is 12.9. The van der Waals surface area contributed by atoms with Crippen LogP contribution in [0, 0.1) is 0 Å². The maximum Gasteiger partial charge on any atom is 0.269 e. The van der Waals surface area contributed by atoms with Gasteiger partial charge in [0.2, 0.25) is 0 Å². The van der Waals surface area contributed by atoms with Crippen LogP contribution < -0.4 is 16.2 Å². The van der Waals surface area contributed by atoms with E-state index in [-0.39, 0.29) is 11.7 Å². The van der Waals surface area contributed by atoms with Gasteiger partial charge in [0.05, 0.1) is 0 Å². The maximum atomic E-state index is 11.8. The van der Waals surface area contributed by atoms with E-state index in [0.717, 1.165) is 12.8 Å². The highest BCUT2D eigenvalue weighted by molar-refractivity contribution is 7.80. The van der Waals surface area contributed by atoms with E-state index in [0.29, 0.717) is 16.7 Å². The molecule has 0 aliphatic heterocycles. The predicted molar refractivity (Wildman–Crippen MR) is 81.3 cm³/mol. The molecule has 1 saturated carbocycles. The highest BCUT2D eigenvalue weighted by atomic mass is 32.1. The molecule has 6 heteroatoms. The molecule has 1 aromatic carbocycles. The van der Waals surface area contributed by atoms with E-state index in [1.54, 1.807) is 12.1 Å². The highest BCUT2D eigenvalue weighted by Crippen LogP contribution is 2.17. The molecule has 1 aliphatic rings. The standard InChI is InChI=1S/C14H19N3O2S/c18-12-8-4-5-10(9-12)13(19)16-17-14(20)15-11-6-2-1-3-7-11/h4-5,8-9,11,18H,1-3,6-7H2,(H,16,19)(H2,15,17,20). The van der Waals surface area contributed by atoms with Crippen molar-refractivity contribution in [2.24, 2.45) is 0 Å². The van der Waals surface area contributed by atoms with Gasteiger partial charge in [-0.2, -0.15) is 0 Å². The summed E-state index contributed by atoms with van der Waals surface area (Å²) in [6.07, 6.45) is 5.95. The molecule has 2 rings (SSSR count). The van der Waals surface area contributed by atoms with E-state index in [9.17, 15) is 9.90 Å². The smallest absolute Gasteiger partial charge is 0.269 e. The number of benzene rings is 1. The lowest BCUT2D eigenvalue weighted by molar-refractivity contribution is 0.0943. The van der Waals surface area contributed by atoms with Gasteiger partial charge in [-0.25, -0.2) is 0 Å². The molecule has 1 aliphatic carbocycles. The lowest BCUT2D eigenvalue weighted by Gasteiger charge is -2.24. The van der Waals surface area contributed by atoms with Gasteiger partial charge in [-0.3, -0.25) is 15.6 Å². The maximum absolute atomic E-state index is 11.8. The number of hydrogen-bond donors (Lipinski definition) is 4. The van der Waals surface area contributed by atoms with Crippen molar-refractivity contribution in [3.8, 4) is 5.75 Å². The Balaban J connectivity index is 1.76. The third-order valence-electron chi connectivity index (χ3n) is 3.34. The first-order valence-corrected chi connectivity index (χ1v) is 7.22. The summed E-state index contributed by atoms with van der Waals surface area (Å²) in [4.78, 5) is 11.8. The van der Waals surface area contributed by atoms with Crippen molar-refractivity contribution in [1.82, 2.24) is 16.2 Å². The van der Waals surface area contributed by atoms with E-state index in [2.05, 4.69) is 16.2 Å². The second-order valence-electron chi connectivity index (χ2n) is 4.94. The number of phenols is 1. The van der Waals surface area contributed by atoms with Crippen LogP contribution in [0.2, 0.25) is 0 Å². The minimum absolute atomic E-state index is 0.0561. The Morgan fingerprint density at radius 1 is 1.20 bits per heavy atom. The van der Waals surface area contributed by atoms with Crippen LogP contribution in [0.1, 0.15) is 42.5 Å². The summed E-state index contributed by atoms with van der Waals surface area (Å²) in [6.45, 7) is 0. The number of phenolic OH excluding ortho intramolecular Hbond substituents is 1. The van der Waals surface area contributed by atoms with Crippen LogP contribution in [0.15, 0.2) is 24.3 Å². The van der Waals surface area contributed by atoms with Gasteiger partial charge in [-0.15, -0.1) is 0 Å². The molecule has 20 heavy (non-hydrogen) atoms. The minimum Gasteiger partial charge on any atom is -0.508 e. The summed E-state index contributed by atoms with van der Waals surface area (Å²) in [6, 6.07) is 6.53. The molecule has 0 saturated heterocycles. The van der Waals surface area contributed by atoms with Crippen LogP contribution in [0.25, 0.3) is 0 Å². The van der Waals surface area contributed by atoms with Crippen molar-refractivity contribution >= 4 is 23.2 Å². The number of hydrogen-bond acceptors (Lipinski definition) is 3. The van der Waals surface area contributed by atoms with Crippen molar-refractivity contribution in [2.75, 3.05) is 0 Å². The first kappa shape index (κ1) is 14.6. The molecule has 108 valence electrons. The Kier molecular flexibility index (Phi) is 5.17. The van der Waals surface area contributed by atoms with Crippen LogP contribution in [0.5, 0.6) is 5.75 Å². The minimum atomic E-state index is -0.339. The fraction of sp³-hybridized carbons (Fsp3) is 0.429. The lowest BCUT2D eigenvalue weighted by Crippen LogP contribution is -2.50. The van der Waals surface area contributed by atoms with E-state index >= 15 is 0 Å². The Bertz CT molecular complexity index is 487. The van der Waals surface area contributed by atoms with E-state index in [1.807, 2.05) is 0 Å². The van der Waals surface area contributed by atoms with Gasteiger partial charge in [0.1, 0.15) is 5.75 Å². The Morgan fingerprint density at radius 2 is 1.95 bits per heavy atom.